The van der Waals surface area contributed by atoms with Gasteiger partial charge < -0.3 is 5.73 Å². The molecule has 1 saturated carbocycles. The first kappa shape index (κ1) is 15.3. The van der Waals surface area contributed by atoms with E-state index in [1.54, 1.807) is 0 Å². The van der Waals surface area contributed by atoms with Crippen LogP contribution in [0.25, 0.3) is 0 Å². The van der Waals surface area contributed by atoms with Gasteiger partial charge in [0.2, 0.25) is 10.0 Å². The molecule has 0 bridgehead atoms. The van der Waals surface area contributed by atoms with Crippen LogP contribution in [0.2, 0.25) is 0 Å². The molecule has 0 amide bonds. The maximum Gasteiger partial charge on any atom is 0.243 e. The van der Waals surface area contributed by atoms with E-state index in [0.717, 1.165) is 31.4 Å². The van der Waals surface area contributed by atoms with Crippen molar-refractivity contribution in [3.05, 3.63) is 24.0 Å². The zero-order chi connectivity index (χ0) is 14.8. The average Bonchev–Trinajstić information content (AvgIpc) is 2.40. The summed E-state index contributed by atoms with van der Waals surface area (Å²) in [7, 11) is -3.84. The van der Waals surface area contributed by atoms with E-state index in [1.165, 1.54) is 12.5 Å². The number of nitrogen functional groups attached to an aromatic ring is 1. The maximum atomic E-state index is 13.6. The van der Waals surface area contributed by atoms with E-state index in [0.29, 0.717) is 18.4 Å². The Kier molecular flexibility index (Phi) is 4.65. The highest BCUT2D eigenvalue weighted by molar-refractivity contribution is 7.89. The molecule has 4 nitrogen and oxygen atoms in total. The Balaban J connectivity index is 2.09. The minimum atomic E-state index is -3.84. The van der Waals surface area contributed by atoms with Gasteiger partial charge in [-0.2, -0.15) is 0 Å². The summed E-state index contributed by atoms with van der Waals surface area (Å²) in [5, 5.41) is 0. The van der Waals surface area contributed by atoms with Crippen molar-refractivity contribution in [2.75, 3.05) is 12.3 Å². The van der Waals surface area contributed by atoms with E-state index in [9.17, 15) is 12.8 Å². The molecule has 20 heavy (non-hydrogen) atoms. The molecule has 6 heteroatoms. The van der Waals surface area contributed by atoms with Crippen molar-refractivity contribution < 1.29 is 12.8 Å². The van der Waals surface area contributed by atoms with Gasteiger partial charge in [-0.25, -0.2) is 17.5 Å². The summed E-state index contributed by atoms with van der Waals surface area (Å²) in [6.07, 6.45) is 4.47. The zero-order valence-electron chi connectivity index (χ0n) is 11.6. The predicted molar refractivity (Wildman–Crippen MR) is 77.1 cm³/mol. The second-order valence-electron chi connectivity index (χ2n) is 5.56. The fraction of sp³-hybridized carbons (Fsp3) is 0.571. The van der Waals surface area contributed by atoms with Gasteiger partial charge in [0.1, 0.15) is 10.7 Å². The third kappa shape index (κ3) is 3.49. The van der Waals surface area contributed by atoms with Crippen molar-refractivity contribution in [1.29, 1.82) is 0 Å². The van der Waals surface area contributed by atoms with Crippen molar-refractivity contribution in [2.24, 2.45) is 11.8 Å². The van der Waals surface area contributed by atoms with Crippen LogP contribution in [0.3, 0.4) is 0 Å². The molecule has 0 heterocycles. The van der Waals surface area contributed by atoms with E-state index in [-0.39, 0.29) is 10.6 Å². The van der Waals surface area contributed by atoms with Crippen molar-refractivity contribution >= 4 is 15.7 Å². The maximum absolute atomic E-state index is 13.6. The van der Waals surface area contributed by atoms with E-state index in [2.05, 4.69) is 11.6 Å². The average molecular weight is 300 g/mol. The lowest BCUT2D eigenvalue weighted by molar-refractivity contribution is 0.257. The number of halogens is 1. The Morgan fingerprint density at radius 1 is 1.35 bits per heavy atom. The van der Waals surface area contributed by atoms with Gasteiger partial charge in [-0.15, -0.1) is 0 Å². The largest absolute Gasteiger partial charge is 0.399 e. The molecule has 3 N–H and O–H groups in total. The van der Waals surface area contributed by atoms with Gasteiger partial charge >= 0.3 is 0 Å². The Morgan fingerprint density at radius 3 is 2.75 bits per heavy atom. The second kappa shape index (κ2) is 6.10. The van der Waals surface area contributed by atoms with Crippen molar-refractivity contribution in [1.82, 2.24) is 4.72 Å². The van der Waals surface area contributed by atoms with Crippen LogP contribution in [-0.2, 0) is 10.0 Å². The number of hydrogen-bond acceptors (Lipinski definition) is 3. The number of nitrogens with two attached hydrogens (primary N) is 1. The molecule has 112 valence electrons. The van der Waals surface area contributed by atoms with Gasteiger partial charge in [0.15, 0.2) is 0 Å². The standard InChI is InChI=1S/C14H21FN2O2S/c1-10-4-2-3-5-11(10)9-17-20(18,19)14-8-12(16)6-7-13(14)15/h6-8,10-11,17H,2-5,9,16H2,1H3. The Hall–Kier alpha value is -1.14. The summed E-state index contributed by atoms with van der Waals surface area (Å²) in [5.74, 6) is 0.0446. The molecule has 0 spiro atoms. The summed E-state index contributed by atoms with van der Waals surface area (Å²) in [6.45, 7) is 2.50. The van der Waals surface area contributed by atoms with Crippen LogP contribution in [0.5, 0.6) is 0 Å². The highest BCUT2D eigenvalue weighted by atomic mass is 32.2. The lowest BCUT2D eigenvalue weighted by atomic mass is 9.81. The van der Waals surface area contributed by atoms with Gasteiger partial charge in [-0.1, -0.05) is 26.2 Å². The third-order valence-electron chi connectivity index (χ3n) is 4.07. The van der Waals surface area contributed by atoms with Crippen molar-refractivity contribution in [2.45, 2.75) is 37.5 Å². The molecule has 0 saturated heterocycles. The zero-order valence-corrected chi connectivity index (χ0v) is 12.4. The van der Waals surface area contributed by atoms with E-state index >= 15 is 0 Å². The van der Waals surface area contributed by atoms with Crippen LogP contribution < -0.4 is 10.5 Å². The molecule has 1 aliphatic carbocycles. The number of anilines is 1. The Labute approximate surface area is 119 Å². The van der Waals surface area contributed by atoms with Crippen LogP contribution in [0.1, 0.15) is 32.6 Å². The van der Waals surface area contributed by atoms with Crippen LogP contribution >= 0.6 is 0 Å². The molecule has 0 aliphatic heterocycles. The lowest BCUT2D eigenvalue weighted by Crippen LogP contribution is -2.33. The van der Waals surface area contributed by atoms with E-state index < -0.39 is 15.8 Å². The van der Waals surface area contributed by atoms with E-state index in [1.807, 2.05) is 0 Å². The van der Waals surface area contributed by atoms with Gasteiger partial charge in [-0.3, -0.25) is 0 Å². The topological polar surface area (TPSA) is 72.2 Å². The minimum absolute atomic E-state index is 0.234. The van der Waals surface area contributed by atoms with Crippen molar-refractivity contribution in [3.63, 3.8) is 0 Å². The first-order valence-corrected chi connectivity index (χ1v) is 8.43. The van der Waals surface area contributed by atoms with Gasteiger partial charge in [-0.05, 0) is 36.5 Å². The molecule has 0 radical (unpaired) electrons. The Morgan fingerprint density at radius 2 is 2.05 bits per heavy atom. The van der Waals surface area contributed by atoms with Crippen LogP contribution in [0.15, 0.2) is 23.1 Å². The van der Waals surface area contributed by atoms with E-state index in [4.69, 9.17) is 5.73 Å². The molecule has 2 rings (SSSR count). The fourth-order valence-corrected chi connectivity index (χ4v) is 3.92. The third-order valence-corrected chi connectivity index (χ3v) is 5.51. The molecule has 2 unspecified atom stereocenters. The number of sulfonamides is 1. The highest BCUT2D eigenvalue weighted by Gasteiger charge is 2.25. The molecule has 1 fully saturated rings. The van der Waals surface area contributed by atoms with Crippen LogP contribution in [-0.4, -0.2) is 15.0 Å². The molecule has 1 aliphatic rings. The molecule has 1 aromatic rings. The monoisotopic (exact) mass is 300 g/mol. The number of nitrogens with one attached hydrogen (secondary N) is 1. The normalized spacial score (nSPS) is 23.7. The van der Waals surface area contributed by atoms with Gasteiger partial charge in [0.05, 0.1) is 0 Å². The smallest absolute Gasteiger partial charge is 0.243 e. The van der Waals surface area contributed by atoms with Crippen LogP contribution in [0.4, 0.5) is 10.1 Å². The molecular weight excluding hydrogens is 279 g/mol. The summed E-state index contributed by atoms with van der Waals surface area (Å²) in [4.78, 5) is -0.374. The minimum Gasteiger partial charge on any atom is -0.399 e. The summed E-state index contributed by atoms with van der Waals surface area (Å²) in [6, 6.07) is 3.58. The molecule has 0 aromatic heterocycles. The first-order valence-electron chi connectivity index (χ1n) is 6.95. The summed E-state index contributed by atoms with van der Waals surface area (Å²) < 4.78 is 40.4. The molecule has 1 aromatic carbocycles. The highest BCUT2D eigenvalue weighted by Crippen LogP contribution is 2.29. The molecular formula is C14H21FN2O2S. The van der Waals surface area contributed by atoms with Gasteiger partial charge in [0.25, 0.3) is 0 Å². The summed E-state index contributed by atoms with van der Waals surface area (Å²) >= 11 is 0. The fourth-order valence-electron chi connectivity index (χ4n) is 2.72. The summed E-state index contributed by atoms with van der Waals surface area (Å²) in [5.41, 5.74) is 5.76. The lowest BCUT2D eigenvalue weighted by Gasteiger charge is -2.28. The first-order chi connectivity index (χ1) is 9.40. The number of benzene rings is 1. The number of rotatable bonds is 4. The quantitative estimate of drug-likeness (QED) is 0.839. The van der Waals surface area contributed by atoms with Crippen LogP contribution in [0, 0.1) is 17.7 Å². The predicted octanol–water partition coefficient (Wildman–Crippen LogP) is 2.51. The second-order valence-corrected chi connectivity index (χ2v) is 7.30. The SMILES string of the molecule is CC1CCCCC1CNS(=O)(=O)c1cc(N)ccc1F. The van der Waals surface area contributed by atoms with Crippen molar-refractivity contribution in [3.8, 4) is 0 Å². The Bertz CT molecular complexity index is 575. The van der Waals surface area contributed by atoms with Gasteiger partial charge in [0, 0.05) is 12.2 Å². The number of hydrogen-bond donors (Lipinski definition) is 2. The molecule has 2 atom stereocenters.